The van der Waals surface area contributed by atoms with Crippen LogP contribution in [0.4, 0.5) is 0 Å². The number of nitrogens with zero attached hydrogens (tertiary/aromatic N) is 1. The quantitative estimate of drug-likeness (QED) is 0.794. The Bertz CT molecular complexity index is 448. The monoisotopic (exact) mass is 299 g/mol. The topological polar surface area (TPSA) is 30.9 Å². The van der Waals surface area contributed by atoms with Crippen molar-refractivity contribution in [3.05, 3.63) is 17.7 Å². The highest BCUT2D eigenvalue weighted by atomic mass is 32.2. The predicted molar refractivity (Wildman–Crippen MR) is 81.8 cm³/mol. The maximum atomic E-state index is 5.54. The number of rotatable bonds is 4. The molecule has 1 aromatic rings. The number of hydrogen-bond donors (Lipinski definition) is 0. The second kappa shape index (κ2) is 6.34. The summed E-state index contributed by atoms with van der Waals surface area (Å²) in [6.07, 6.45) is 0. The predicted octanol–water partition coefficient (Wildman–Crippen LogP) is 2.39. The molecule has 104 valence electrons. The van der Waals surface area contributed by atoms with Gasteiger partial charge in [-0.2, -0.15) is 0 Å². The van der Waals surface area contributed by atoms with E-state index < -0.39 is 0 Å². The van der Waals surface area contributed by atoms with Crippen molar-refractivity contribution in [2.75, 3.05) is 39.5 Å². The van der Waals surface area contributed by atoms with Gasteiger partial charge in [0.15, 0.2) is 11.5 Å². The summed E-state index contributed by atoms with van der Waals surface area (Å²) in [5.41, 5.74) is 0.923. The summed E-state index contributed by atoms with van der Waals surface area (Å²) in [7, 11) is 4.81. The largest absolute Gasteiger partial charge is 0.493 e. The van der Waals surface area contributed by atoms with Crippen LogP contribution in [0.5, 0.6) is 17.2 Å². The van der Waals surface area contributed by atoms with Crippen LogP contribution >= 0.6 is 24.0 Å². The molecule has 0 atom stereocenters. The van der Waals surface area contributed by atoms with E-state index in [0.29, 0.717) is 17.2 Å². The molecule has 1 saturated heterocycles. The van der Waals surface area contributed by atoms with Gasteiger partial charge >= 0.3 is 0 Å². The molecule has 0 saturated carbocycles. The zero-order valence-electron chi connectivity index (χ0n) is 11.3. The van der Waals surface area contributed by atoms with Gasteiger partial charge in [0.1, 0.15) is 4.99 Å². The summed E-state index contributed by atoms with van der Waals surface area (Å²) in [6.45, 7) is 0.986. The maximum absolute atomic E-state index is 5.54. The van der Waals surface area contributed by atoms with Gasteiger partial charge in [0.2, 0.25) is 5.75 Å². The normalized spacial score (nSPS) is 14.4. The van der Waals surface area contributed by atoms with E-state index in [1.165, 1.54) is 0 Å². The second-order valence-electron chi connectivity index (χ2n) is 4.02. The van der Waals surface area contributed by atoms with Crippen molar-refractivity contribution in [3.8, 4) is 17.2 Å². The summed E-state index contributed by atoms with van der Waals surface area (Å²) in [6, 6.07) is 3.79. The minimum Gasteiger partial charge on any atom is -0.493 e. The van der Waals surface area contributed by atoms with Crippen molar-refractivity contribution < 1.29 is 14.2 Å². The number of thioether (sulfide) groups is 1. The fourth-order valence-corrected chi connectivity index (χ4v) is 3.27. The van der Waals surface area contributed by atoms with Crippen LogP contribution in [0.15, 0.2) is 12.1 Å². The van der Waals surface area contributed by atoms with Crippen LogP contribution in [0.2, 0.25) is 0 Å². The van der Waals surface area contributed by atoms with Crippen molar-refractivity contribution >= 4 is 29.0 Å². The molecule has 0 bridgehead atoms. The van der Waals surface area contributed by atoms with E-state index in [-0.39, 0.29) is 0 Å². The molecule has 0 aliphatic carbocycles. The molecule has 1 heterocycles. The highest BCUT2D eigenvalue weighted by Crippen LogP contribution is 2.38. The van der Waals surface area contributed by atoms with Gasteiger partial charge in [0, 0.05) is 17.9 Å². The van der Waals surface area contributed by atoms with Crippen molar-refractivity contribution in [1.82, 2.24) is 4.90 Å². The molecule has 0 amide bonds. The van der Waals surface area contributed by atoms with E-state index in [2.05, 4.69) is 4.90 Å². The zero-order chi connectivity index (χ0) is 13.8. The molecule has 0 aromatic heterocycles. The van der Waals surface area contributed by atoms with E-state index in [9.17, 15) is 0 Å². The lowest BCUT2D eigenvalue weighted by atomic mass is 10.1. The number of ether oxygens (including phenoxy) is 3. The van der Waals surface area contributed by atoms with Gasteiger partial charge in [-0.05, 0) is 12.1 Å². The minimum absolute atomic E-state index is 0.590. The number of thiocarbonyl (C=S) groups is 1. The summed E-state index contributed by atoms with van der Waals surface area (Å²) >= 11 is 7.42. The first kappa shape index (κ1) is 14.3. The van der Waals surface area contributed by atoms with Gasteiger partial charge in [-0.25, -0.2) is 0 Å². The molecule has 0 N–H and O–H groups in total. The molecule has 1 aromatic carbocycles. The molecule has 2 rings (SSSR count). The third-order valence-electron chi connectivity index (χ3n) is 2.95. The molecule has 0 spiro atoms. The molecule has 0 unspecified atom stereocenters. The Morgan fingerprint density at radius 3 is 2.21 bits per heavy atom. The molecule has 19 heavy (non-hydrogen) atoms. The number of methoxy groups -OCH3 is 3. The number of hydrogen-bond acceptors (Lipinski definition) is 5. The molecular weight excluding hydrogens is 282 g/mol. The molecule has 1 aliphatic heterocycles. The lowest BCUT2D eigenvalue weighted by molar-refractivity contribution is 0.324. The fraction of sp³-hybridized carbons (Fsp3) is 0.462. The third kappa shape index (κ3) is 2.90. The van der Waals surface area contributed by atoms with Gasteiger partial charge in [0.25, 0.3) is 0 Å². The second-order valence-corrected chi connectivity index (χ2v) is 5.48. The Balaban J connectivity index is 2.37. The highest BCUT2D eigenvalue weighted by molar-refractivity contribution is 7.99. The molecule has 1 aliphatic rings. The lowest BCUT2D eigenvalue weighted by Gasteiger charge is -2.20. The SMILES string of the molecule is COc1cc(C(=S)N2CCSC2)cc(OC)c1OC. The van der Waals surface area contributed by atoms with Crippen LogP contribution in [0.1, 0.15) is 5.56 Å². The Hall–Kier alpha value is -1.14. The first-order chi connectivity index (χ1) is 9.21. The number of benzene rings is 1. The average Bonchev–Trinajstić information content (AvgIpc) is 2.98. The molecular formula is C13H17NO3S2. The summed E-state index contributed by atoms with van der Waals surface area (Å²) in [5, 5.41) is 0. The van der Waals surface area contributed by atoms with E-state index >= 15 is 0 Å². The maximum Gasteiger partial charge on any atom is 0.203 e. The smallest absolute Gasteiger partial charge is 0.203 e. The standard InChI is InChI=1S/C13H17NO3S2/c1-15-10-6-9(7-11(16-2)12(10)17-3)13(18)14-4-5-19-8-14/h6-7H,4-5,8H2,1-3H3. The average molecular weight is 299 g/mol. The molecule has 6 heteroatoms. The van der Waals surface area contributed by atoms with Crippen LogP contribution in [0.3, 0.4) is 0 Å². The fourth-order valence-electron chi connectivity index (χ4n) is 1.96. The van der Waals surface area contributed by atoms with Crippen molar-refractivity contribution in [2.24, 2.45) is 0 Å². The van der Waals surface area contributed by atoms with Crippen LogP contribution in [0.25, 0.3) is 0 Å². The first-order valence-corrected chi connectivity index (χ1v) is 7.44. The van der Waals surface area contributed by atoms with Gasteiger partial charge < -0.3 is 19.1 Å². The van der Waals surface area contributed by atoms with Crippen LogP contribution in [0, 0.1) is 0 Å². The molecule has 1 fully saturated rings. The van der Waals surface area contributed by atoms with Crippen LogP contribution in [-0.4, -0.2) is 49.4 Å². The van der Waals surface area contributed by atoms with Crippen LogP contribution < -0.4 is 14.2 Å². The summed E-state index contributed by atoms with van der Waals surface area (Å²) < 4.78 is 16.0. The minimum atomic E-state index is 0.590. The molecule has 0 radical (unpaired) electrons. The van der Waals surface area contributed by atoms with E-state index in [1.807, 2.05) is 23.9 Å². The van der Waals surface area contributed by atoms with E-state index in [1.54, 1.807) is 21.3 Å². The summed E-state index contributed by atoms with van der Waals surface area (Å²) in [5.74, 6) is 3.91. The van der Waals surface area contributed by atoms with Gasteiger partial charge in [-0.1, -0.05) is 12.2 Å². The van der Waals surface area contributed by atoms with Crippen LogP contribution in [-0.2, 0) is 0 Å². The zero-order valence-corrected chi connectivity index (χ0v) is 12.9. The van der Waals surface area contributed by atoms with Gasteiger partial charge in [-0.15, -0.1) is 11.8 Å². The molecule has 4 nitrogen and oxygen atoms in total. The van der Waals surface area contributed by atoms with Crippen molar-refractivity contribution in [3.63, 3.8) is 0 Å². The Labute approximate surface area is 123 Å². The Morgan fingerprint density at radius 1 is 1.16 bits per heavy atom. The van der Waals surface area contributed by atoms with E-state index in [4.69, 9.17) is 26.4 Å². The van der Waals surface area contributed by atoms with Crippen molar-refractivity contribution in [1.29, 1.82) is 0 Å². The van der Waals surface area contributed by atoms with Crippen molar-refractivity contribution in [2.45, 2.75) is 0 Å². The Morgan fingerprint density at radius 2 is 1.79 bits per heavy atom. The Kier molecular flexibility index (Phi) is 4.76. The third-order valence-corrected chi connectivity index (χ3v) is 4.41. The summed E-state index contributed by atoms with van der Waals surface area (Å²) in [4.78, 5) is 3.00. The highest BCUT2D eigenvalue weighted by Gasteiger charge is 2.20. The van der Waals surface area contributed by atoms with Gasteiger partial charge in [-0.3, -0.25) is 0 Å². The first-order valence-electron chi connectivity index (χ1n) is 5.88. The lowest BCUT2D eigenvalue weighted by Crippen LogP contribution is -2.26. The van der Waals surface area contributed by atoms with E-state index in [0.717, 1.165) is 28.7 Å². The van der Waals surface area contributed by atoms with Gasteiger partial charge in [0.05, 0.1) is 27.2 Å².